The van der Waals surface area contributed by atoms with Gasteiger partial charge in [0.05, 0.1) is 5.02 Å². The van der Waals surface area contributed by atoms with E-state index in [4.69, 9.17) is 11.6 Å². The van der Waals surface area contributed by atoms with Crippen LogP contribution in [0.2, 0.25) is 5.02 Å². The van der Waals surface area contributed by atoms with Crippen molar-refractivity contribution in [2.45, 2.75) is 20.0 Å². The van der Waals surface area contributed by atoms with Crippen LogP contribution in [0.3, 0.4) is 0 Å². The van der Waals surface area contributed by atoms with E-state index >= 15 is 0 Å². The van der Waals surface area contributed by atoms with Gasteiger partial charge in [-0.3, -0.25) is 0 Å². The fraction of sp³-hybridized carbons (Fsp3) is 0.200. The summed E-state index contributed by atoms with van der Waals surface area (Å²) in [6, 6.07) is 11.1. The third-order valence-electron chi connectivity index (χ3n) is 2.88. The monoisotopic (exact) mass is 341 g/mol. The van der Waals surface area contributed by atoms with Gasteiger partial charge in [0.2, 0.25) is 0 Å². The van der Waals surface area contributed by atoms with Crippen LogP contribution in [0.25, 0.3) is 0 Å². The van der Waals surface area contributed by atoms with Gasteiger partial charge in [-0.1, -0.05) is 29.8 Å². The molecule has 2 rings (SSSR count). The van der Waals surface area contributed by atoms with E-state index in [9.17, 15) is 4.39 Å². The molecule has 0 aliphatic heterocycles. The van der Waals surface area contributed by atoms with Gasteiger partial charge in [-0.25, -0.2) is 4.39 Å². The minimum Gasteiger partial charge on any atom is -0.309 e. The summed E-state index contributed by atoms with van der Waals surface area (Å²) in [5, 5.41) is 3.97. The Morgan fingerprint density at radius 2 is 1.74 bits per heavy atom. The van der Waals surface area contributed by atoms with Crippen LogP contribution in [0, 0.1) is 12.7 Å². The lowest BCUT2D eigenvalue weighted by molar-refractivity contribution is 0.611. The van der Waals surface area contributed by atoms with Crippen molar-refractivity contribution in [3.05, 3.63) is 68.4 Å². The molecule has 1 nitrogen and oxygen atoms in total. The van der Waals surface area contributed by atoms with Crippen molar-refractivity contribution in [1.29, 1.82) is 0 Å². The molecule has 0 heterocycles. The average molecular weight is 343 g/mol. The first-order valence-electron chi connectivity index (χ1n) is 5.96. The molecule has 0 atom stereocenters. The Hall–Kier alpha value is -0.900. The standard InChI is InChI=1S/C15H14BrClFN/c1-10-2-3-12(7-15(10)18)9-19-8-11-4-5-13(16)14(17)6-11/h2-7,19H,8-9H2,1H3. The van der Waals surface area contributed by atoms with Crippen LogP contribution in [0.5, 0.6) is 0 Å². The van der Waals surface area contributed by atoms with Crippen LogP contribution >= 0.6 is 27.5 Å². The van der Waals surface area contributed by atoms with E-state index in [2.05, 4.69) is 21.2 Å². The van der Waals surface area contributed by atoms with E-state index in [0.29, 0.717) is 23.7 Å². The highest BCUT2D eigenvalue weighted by Crippen LogP contribution is 2.23. The minimum atomic E-state index is -0.161. The number of halogens is 3. The lowest BCUT2D eigenvalue weighted by atomic mass is 10.1. The number of benzene rings is 2. The Balaban J connectivity index is 1.92. The van der Waals surface area contributed by atoms with Crippen LogP contribution < -0.4 is 5.32 Å². The normalized spacial score (nSPS) is 10.7. The molecule has 100 valence electrons. The van der Waals surface area contributed by atoms with Gasteiger partial charge in [-0.2, -0.15) is 0 Å². The molecular formula is C15H14BrClFN. The van der Waals surface area contributed by atoms with Crippen molar-refractivity contribution in [2.24, 2.45) is 0 Å². The van der Waals surface area contributed by atoms with Gasteiger partial charge in [0.15, 0.2) is 0 Å². The Labute approximate surface area is 125 Å². The maximum absolute atomic E-state index is 13.4. The topological polar surface area (TPSA) is 12.0 Å². The number of rotatable bonds is 4. The second kappa shape index (κ2) is 6.51. The van der Waals surface area contributed by atoms with E-state index < -0.39 is 0 Å². The zero-order valence-corrected chi connectivity index (χ0v) is 12.9. The molecule has 4 heteroatoms. The molecule has 0 bridgehead atoms. The minimum absolute atomic E-state index is 0.161. The number of hydrogen-bond donors (Lipinski definition) is 1. The second-order valence-electron chi connectivity index (χ2n) is 4.44. The zero-order chi connectivity index (χ0) is 13.8. The highest BCUT2D eigenvalue weighted by Gasteiger charge is 2.01. The van der Waals surface area contributed by atoms with Crippen molar-refractivity contribution in [1.82, 2.24) is 5.32 Å². The first kappa shape index (κ1) is 14.5. The summed E-state index contributed by atoms with van der Waals surface area (Å²) < 4.78 is 14.3. The molecule has 2 aromatic rings. The number of hydrogen-bond acceptors (Lipinski definition) is 1. The van der Waals surface area contributed by atoms with E-state index in [0.717, 1.165) is 15.6 Å². The fourth-order valence-electron chi connectivity index (χ4n) is 1.75. The van der Waals surface area contributed by atoms with Crippen LogP contribution in [-0.2, 0) is 13.1 Å². The second-order valence-corrected chi connectivity index (χ2v) is 5.70. The third kappa shape index (κ3) is 4.03. The fourth-order valence-corrected chi connectivity index (χ4v) is 2.20. The Bertz CT molecular complexity index is 535. The van der Waals surface area contributed by atoms with E-state index in [1.807, 2.05) is 24.3 Å². The molecule has 0 aliphatic carbocycles. The van der Waals surface area contributed by atoms with Crippen LogP contribution in [0.1, 0.15) is 16.7 Å². The van der Waals surface area contributed by atoms with Gasteiger partial charge in [-0.05, 0) is 57.7 Å². The summed E-state index contributed by atoms with van der Waals surface area (Å²) in [5.74, 6) is -0.161. The molecule has 0 saturated heterocycles. The molecule has 2 aromatic carbocycles. The third-order valence-corrected chi connectivity index (χ3v) is 4.11. The average Bonchev–Trinajstić information content (AvgIpc) is 2.38. The first-order chi connectivity index (χ1) is 9.06. The van der Waals surface area contributed by atoms with Gasteiger partial charge < -0.3 is 5.32 Å². The molecular weight excluding hydrogens is 329 g/mol. The molecule has 0 amide bonds. The zero-order valence-electron chi connectivity index (χ0n) is 10.5. The predicted molar refractivity (Wildman–Crippen MR) is 80.8 cm³/mol. The quantitative estimate of drug-likeness (QED) is 0.838. The van der Waals surface area contributed by atoms with Gasteiger partial charge in [0, 0.05) is 17.6 Å². The molecule has 0 radical (unpaired) electrons. The molecule has 19 heavy (non-hydrogen) atoms. The maximum Gasteiger partial charge on any atom is 0.126 e. The summed E-state index contributed by atoms with van der Waals surface area (Å²) in [6.07, 6.45) is 0. The smallest absolute Gasteiger partial charge is 0.126 e. The van der Waals surface area contributed by atoms with Crippen LogP contribution in [0.15, 0.2) is 40.9 Å². The van der Waals surface area contributed by atoms with Crippen LogP contribution in [-0.4, -0.2) is 0 Å². The summed E-state index contributed by atoms with van der Waals surface area (Å²) >= 11 is 9.38. The molecule has 0 saturated carbocycles. The number of aryl methyl sites for hydroxylation is 1. The van der Waals surface area contributed by atoms with Crippen molar-refractivity contribution >= 4 is 27.5 Å². The summed E-state index contributed by atoms with van der Waals surface area (Å²) in [4.78, 5) is 0. The highest BCUT2D eigenvalue weighted by molar-refractivity contribution is 9.10. The SMILES string of the molecule is Cc1ccc(CNCc2ccc(Br)c(Cl)c2)cc1F. The van der Waals surface area contributed by atoms with Crippen LogP contribution in [0.4, 0.5) is 4.39 Å². The molecule has 1 N–H and O–H groups in total. The number of nitrogens with one attached hydrogen (secondary N) is 1. The Morgan fingerprint density at radius 1 is 1.11 bits per heavy atom. The lowest BCUT2D eigenvalue weighted by Gasteiger charge is -2.07. The van der Waals surface area contributed by atoms with Crippen molar-refractivity contribution < 1.29 is 4.39 Å². The highest BCUT2D eigenvalue weighted by atomic mass is 79.9. The molecule has 0 aromatic heterocycles. The van der Waals surface area contributed by atoms with Gasteiger partial charge in [-0.15, -0.1) is 0 Å². The molecule has 0 spiro atoms. The summed E-state index contributed by atoms with van der Waals surface area (Å²) in [5.41, 5.74) is 2.70. The predicted octanol–water partition coefficient (Wildman–Crippen LogP) is 4.84. The van der Waals surface area contributed by atoms with Crippen molar-refractivity contribution in [3.8, 4) is 0 Å². The lowest BCUT2D eigenvalue weighted by Crippen LogP contribution is -2.12. The maximum atomic E-state index is 13.4. The van der Waals surface area contributed by atoms with E-state index in [1.54, 1.807) is 19.1 Å². The first-order valence-corrected chi connectivity index (χ1v) is 7.13. The molecule has 0 unspecified atom stereocenters. The Kier molecular flexibility index (Phi) is 4.97. The molecule has 0 fully saturated rings. The summed E-state index contributed by atoms with van der Waals surface area (Å²) in [6.45, 7) is 3.09. The van der Waals surface area contributed by atoms with Gasteiger partial charge in [0.25, 0.3) is 0 Å². The van der Waals surface area contributed by atoms with Crippen molar-refractivity contribution in [3.63, 3.8) is 0 Å². The van der Waals surface area contributed by atoms with Crippen molar-refractivity contribution in [2.75, 3.05) is 0 Å². The van der Waals surface area contributed by atoms with Gasteiger partial charge >= 0.3 is 0 Å². The van der Waals surface area contributed by atoms with E-state index in [-0.39, 0.29) is 5.82 Å². The van der Waals surface area contributed by atoms with Gasteiger partial charge in [0.1, 0.15) is 5.82 Å². The Morgan fingerprint density at radius 3 is 2.37 bits per heavy atom. The molecule has 0 aliphatic rings. The summed E-state index contributed by atoms with van der Waals surface area (Å²) in [7, 11) is 0. The largest absolute Gasteiger partial charge is 0.309 e. The van der Waals surface area contributed by atoms with E-state index in [1.165, 1.54) is 0 Å².